The first-order valence-corrected chi connectivity index (χ1v) is 9.19. The Kier molecular flexibility index (Phi) is 5.66. The summed E-state index contributed by atoms with van der Waals surface area (Å²) in [5.74, 6) is 1.17. The van der Waals surface area contributed by atoms with Crippen LogP contribution in [0.25, 0.3) is 0 Å². The Morgan fingerprint density at radius 3 is 2.65 bits per heavy atom. The van der Waals surface area contributed by atoms with E-state index >= 15 is 0 Å². The molecule has 1 amide bonds. The summed E-state index contributed by atoms with van der Waals surface area (Å²) < 4.78 is 7.23. The molecule has 2 aromatic heterocycles. The van der Waals surface area contributed by atoms with Gasteiger partial charge in [-0.15, -0.1) is 0 Å². The highest BCUT2D eigenvalue weighted by atomic mass is 16.5. The number of carbonyl (C=O) groups excluding carboxylic acids is 1. The van der Waals surface area contributed by atoms with Gasteiger partial charge >= 0.3 is 0 Å². The average Bonchev–Trinajstić information content (AvgIpc) is 2.98. The van der Waals surface area contributed by atoms with Gasteiger partial charge in [0.25, 0.3) is 5.91 Å². The molecule has 1 saturated heterocycles. The van der Waals surface area contributed by atoms with E-state index in [-0.39, 0.29) is 5.91 Å². The third-order valence-corrected chi connectivity index (χ3v) is 4.87. The minimum absolute atomic E-state index is 0.0555. The maximum atomic E-state index is 12.8. The quantitative estimate of drug-likeness (QED) is 0.821. The summed E-state index contributed by atoms with van der Waals surface area (Å²) in [5.41, 5.74) is 3.65. The summed E-state index contributed by atoms with van der Waals surface area (Å²) in [6.45, 7) is 8.47. The van der Waals surface area contributed by atoms with Crippen molar-refractivity contribution in [1.82, 2.24) is 24.6 Å². The first-order chi connectivity index (χ1) is 12.5. The van der Waals surface area contributed by atoms with Gasteiger partial charge in [-0.1, -0.05) is 0 Å². The maximum Gasteiger partial charge on any atom is 0.272 e. The van der Waals surface area contributed by atoms with E-state index < -0.39 is 0 Å². The molecule has 2 aromatic rings. The van der Waals surface area contributed by atoms with Crippen LogP contribution in [0.1, 0.15) is 58.9 Å². The number of carbonyl (C=O) groups is 1. The van der Waals surface area contributed by atoms with Crippen LogP contribution < -0.4 is 0 Å². The molecule has 140 valence electrons. The molecule has 0 unspecified atom stereocenters. The van der Waals surface area contributed by atoms with Crippen molar-refractivity contribution in [1.29, 1.82) is 0 Å². The lowest BCUT2D eigenvalue weighted by atomic mass is 9.90. The van der Waals surface area contributed by atoms with Gasteiger partial charge < -0.3 is 9.64 Å². The number of nitrogens with zero attached hydrogens (tertiary/aromatic N) is 5. The van der Waals surface area contributed by atoms with Crippen molar-refractivity contribution in [2.75, 3.05) is 19.7 Å². The molecule has 0 radical (unpaired) electrons. The Hall–Kier alpha value is -2.28. The number of aromatic nitrogens is 4. The van der Waals surface area contributed by atoms with Crippen LogP contribution in [0.5, 0.6) is 0 Å². The zero-order chi connectivity index (χ0) is 18.7. The van der Waals surface area contributed by atoms with Crippen molar-refractivity contribution < 1.29 is 9.53 Å². The molecule has 1 aliphatic heterocycles. The number of rotatable bonds is 5. The van der Waals surface area contributed by atoms with Crippen LogP contribution in [0.4, 0.5) is 0 Å². The highest BCUT2D eigenvalue weighted by Crippen LogP contribution is 2.30. The van der Waals surface area contributed by atoms with Gasteiger partial charge in [0.15, 0.2) is 0 Å². The Balaban J connectivity index is 1.69. The normalized spacial score (nSPS) is 15.5. The number of likely N-dealkylation sites (tertiary alicyclic amines) is 1. The fraction of sp³-hybridized carbons (Fsp3) is 0.579. The van der Waals surface area contributed by atoms with Crippen molar-refractivity contribution in [3.8, 4) is 0 Å². The van der Waals surface area contributed by atoms with E-state index in [1.807, 2.05) is 45.0 Å². The molecule has 3 rings (SSSR count). The standard InChI is InChI=1S/C19H27N5O2/c1-5-26-12-16-11-20-14(3)21-18(16)15-6-8-24(9-7-15)19(25)17-10-13(2)22-23(17)4/h10-11,15H,5-9,12H2,1-4H3. The number of aryl methyl sites for hydroxylation is 3. The van der Waals surface area contributed by atoms with Crippen LogP contribution >= 0.6 is 0 Å². The smallest absolute Gasteiger partial charge is 0.272 e. The zero-order valence-corrected chi connectivity index (χ0v) is 16.0. The lowest BCUT2D eigenvalue weighted by Gasteiger charge is -2.32. The molecule has 0 aliphatic carbocycles. The van der Waals surface area contributed by atoms with Crippen LogP contribution in [0.3, 0.4) is 0 Å². The minimum atomic E-state index is 0.0555. The molecule has 1 fully saturated rings. The van der Waals surface area contributed by atoms with Crippen LogP contribution in [-0.2, 0) is 18.4 Å². The molecule has 0 aromatic carbocycles. The fourth-order valence-electron chi connectivity index (χ4n) is 3.52. The van der Waals surface area contributed by atoms with Gasteiger partial charge in [-0.05, 0) is 39.7 Å². The Bertz CT molecular complexity index is 778. The number of amides is 1. The molecule has 0 atom stereocenters. The molecule has 0 bridgehead atoms. The molecule has 0 spiro atoms. The highest BCUT2D eigenvalue weighted by Gasteiger charge is 2.28. The monoisotopic (exact) mass is 357 g/mol. The van der Waals surface area contributed by atoms with Crippen LogP contribution in [0.2, 0.25) is 0 Å². The molecule has 26 heavy (non-hydrogen) atoms. The summed E-state index contributed by atoms with van der Waals surface area (Å²) >= 11 is 0. The lowest BCUT2D eigenvalue weighted by Crippen LogP contribution is -2.39. The second-order valence-electron chi connectivity index (χ2n) is 6.83. The average molecular weight is 357 g/mol. The van der Waals surface area contributed by atoms with Gasteiger partial charge in [-0.3, -0.25) is 9.48 Å². The zero-order valence-electron chi connectivity index (χ0n) is 16.0. The summed E-state index contributed by atoms with van der Waals surface area (Å²) in [6.07, 6.45) is 3.68. The van der Waals surface area contributed by atoms with Crippen molar-refractivity contribution >= 4 is 5.91 Å². The number of ether oxygens (including phenoxy) is 1. The van der Waals surface area contributed by atoms with E-state index in [1.165, 1.54) is 0 Å². The summed E-state index contributed by atoms with van der Waals surface area (Å²) in [7, 11) is 1.82. The predicted molar refractivity (Wildman–Crippen MR) is 97.9 cm³/mol. The van der Waals surface area contributed by atoms with Gasteiger partial charge in [0.1, 0.15) is 11.5 Å². The van der Waals surface area contributed by atoms with Crippen LogP contribution in [-0.4, -0.2) is 50.3 Å². The third kappa shape index (κ3) is 3.93. The summed E-state index contributed by atoms with van der Waals surface area (Å²) in [5, 5.41) is 4.28. The lowest BCUT2D eigenvalue weighted by molar-refractivity contribution is 0.0699. The van der Waals surface area contributed by atoms with Gasteiger partial charge in [0, 0.05) is 44.4 Å². The van der Waals surface area contributed by atoms with Crippen molar-refractivity contribution in [2.45, 2.75) is 46.1 Å². The molecule has 3 heterocycles. The first kappa shape index (κ1) is 18.5. The van der Waals surface area contributed by atoms with Crippen molar-refractivity contribution in [3.63, 3.8) is 0 Å². The second kappa shape index (κ2) is 7.95. The van der Waals surface area contributed by atoms with E-state index in [4.69, 9.17) is 4.74 Å². The molecule has 0 saturated carbocycles. The maximum absolute atomic E-state index is 12.8. The Labute approximate surface area is 154 Å². The number of hydrogen-bond acceptors (Lipinski definition) is 5. The van der Waals surface area contributed by atoms with E-state index in [9.17, 15) is 4.79 Å². The van der Waals surface area contributed by atoms with Gasteiger partial charge in [0.2, 0.25) is 0 Å². The Morgan fingerprint density at radius 2 is 2.04 bits per heavy atom. The van der Waals surface area contributed by atoms with E-state index in [0.29, 0.717) is 24.8 Å². The predicted octanol–water partition coefficient (Wildman–Crippen LogP) is 2.38. The van der Waals surface area contributed by atoms with Gasteiger partial charge in [-0.2, -0.15) is 5.10 Å². The molecule has 7 nitrogen and oxygen atoms in total. The Morgan fingerprint density at radius 1 is 1.31 bits per heavy atom. The topological polar surface area (TPSA) is 73.1 Å². The van der Waals surface area contributed by atoms with E-state index in [2.05, 4.69) is 15.1 Å². The SMILES string of the molecule is CCOCc1cnc(C)nc1C1CCN(C(=O)c2cc(C)nn2C)CC1. The second-order valence-corrected chi connectivity index (χ2v) is 6.83. The number of piperidine rings is 1. The molecule has 0 N–H and O–H groups in total. The third-order valence-electron chi connectivity index (χ3n) is 4.87. The summed E-state index contributed by atoms with van der Waals surface area (Å²) in [6, 6.07) is 1.85. The molecule has 7 heteroatoms. The number of hydrogen-bond donors (Lipinski definition) is 0. The summed E-state index contributed by atoms with van der Waals surface area (Å²) in [4.78, 5) is 23.7. The molecule has 1 aliphatic rings. The fourth-order valence-corrected chi connectivity index (χ4v) is 3.52. The largest absolute Gasteiger partial charge is 0.377 e. The van der Waals surface area contributed by atoms with Gasteiger partial charge in [0.05, 0.1) is 18.0 Å². The first-order valence-electron chi connectivity index (χ1n) is 9.19. The van der Waals surface area contributed by atoms with E-state index in [1.54, 1.807) is 4.68 Å². The molecular weight excluding hydrogens is 330 g/mol. The van der Waals surface area contributed by atoms with Gasteiger partial charge in [-0.25, -0.2) is 9.97 Å². The molecular formula is C19H27N5O2. The van der Waals surface area contributed by atoms with Crippen molar-refractivity contribution in [3.05, 3.63) is 40.7 Å². The van der Waals surface area contributed by atoms with Crippen LogP contribution in [0.15, 0.2) is 12.3 Å². The van der Waals surface area contributed by atoms with Crippen LogP contribution in [0, 0.1) is 13.8 Å². The minimum Gasteiger partial charge on any atom is -0.377 e. The van der Waals surface area contributed by atoms with E-state index in [0.717, 1.165) is 48.7 Å². The highest BCUT2D eigenvalue weighted by molar-refractivity contribution is 5.92. The van der Waals surface area contributed by atoms with Crippen molar-refractivity contribution in [2.24, 2.45) is 7.05 Å².